The van der Waals surface area contributed by atoms with Gasteiger partial charge in [0.05, 0.1) is 0 Å². The van der Waals surface area contributed by atoms with Gasteiger partial charge in [-0.3, -0.25) is 0 Å². The van der Waals surface area contributed by atoms with Gasteiger partial charge in [0.1, 0.15) is 0 Å². The predicted molar refractivity (Wildman–Crippen MR) is 53.1 cm³/mol. The molecule has 0 fully saturated rings. The van der Waals surface area contributed by atoms with Crippen LogP contribution < -0.4 is 5.73 Å². The van der Waals surface area contributed by atoms with Crippen LogP contribution in [0.4, 0.5) is 0 Å². The van der Waals surface area contributed by atoms with E-state index in [1.165, 1.54) is 0 Å². The van der Waals surface area contributed by atoms with Crippen LogP contribution in [0.2, 0.25) is 0 Å². The Kier molecular flexibility index (Phi) is 6.03. The SMILES string of the molecule is C=CC(C)(CN)CCCOCC. The Balaban J connectivity index is 3.51. The third kappa shape index (κ3) is 4.52. The molecule has 0 radical (unpaired) electrons. The average Bonchev–Trinajstić information content (AvgIpc) is 2.12. The molecule has 0 aliphatic carbocycles. The Hall–Kier alpha value is -0.340. The Morgan fingerprint density at radius 2 is 2.25 bits per heavy atom. The highest BCUT2D eigenvalue weighted by atomic mass is 16.5. The van der Waals surface area contributed by atoms with E-state index < -0.39 is 0 Å². The summed E-state index contributed by atoms with van der Waals surface area (Å²) in [6.07, 6.45) is 4.07. The van der Waals surface area contributed by atoms with Crippen molar-refractivity contribution in [3.05, 3.63) is 12.7 Å². The molecule has 0 amide bonds. The molecule has 2 heteroatoms. The quantitative estimate of drug-likeness (QED) is 0.469. The highest BCUT2D eigenvalue weighted by molar-refractivity contribution is 4.91. The van der Waals surface area contributed by atoms with Crippen molar-refractivity contribution in [2.75, 3.05) is 19.8 Å². The standard InChI is InChI=1S/C10H21NO/c1-4-10(3,9-11)7-6-8-12-5-2/h4H,1,5-9,11H2,2-3H3. The smallest absolute Gasteiger partial charge is 0.0466 e. The van der Waals surface area contributed by atoms with Gasteiger partial charge in [-0.1, -0.05) is 13.0 Å². The molecule has 2 N–H and O–H groups in total. The van der Waals surface area contributed by atoms with Crippen LogP contribution in [0.15, 0.2) is 12.7 Å². The summed E-state index contributed by atoms with van der Waals surface area (Å²) in [5.74, 6) is 0. The minimum absolute atomic E-state index is 0.0943. The Bertz CT molecular complexity index is 125. The Morgan fingerprint density at radius 1 is 1.58 bits per heavy atom. The van der Waals surface area contributed by atoms with Gasteiger partial charge in [0.25, 0.3) is 0 Å². The number of rotatable bonds is 7. The van der Waals surface area contributed by atoms with Crippen molar-refractivity contribution in [2.45, 2.75) is 26.7 Å². The van der Waals surface area contributed by atoms with E-state index >= 15 is 0 Å². The highest BCUT2D eigenvalue weighted by Crippen LogP contribution is 2.22. The van der Waals surface area contributed by atoms with Crippen molar-refractivity contribution in [3.63, 3.8) is 0 Å². The third-order valence-corrected chi connectivity index (χ3v) is 2.20. The molecule has 0 aromatic rings. The third-order valence-electron chi connectivity index (χ3n) is 2.20. The van der Waals surface area contributed by atoms with Gasteiger partial charge in [-0.05, 0) is 25.2 Å². The molecule has 0 saturated carbocycles. The van der Waals surface area contributed by atoms with Crippen LogP contribution in [0.3, 0.4) is 0 Å². The van der Waals surface area contributed by atoms with E-state index in [1.54, 1.807) is 0 Å². The molecule has 0 aliphatic rings. The lowest BCUT2D eigenvalue weighted by molar-refractivity contribution is 0.136. The van der Waals surface area contributed by atoms with Gasteiger partial charge in [0, 0.05) is 19.8 Å². The van der Waals surface area contributed by atoms with Gasteiger partial charge in [-0.15, -0.1) is 6.58 Å². The largest absolute Gasteiger partial charge is 0.382 e. The van der Waals surface area contributed by atoms with E-state index in [4.69, 9.17) is 10.5 Å². The Morgan fingerprint density at radius 3 is 2.67 bits per heavy atom. The fraction of sp³-hybridized carbons (Fsp3) is 0.800. The Labute approximate surface area is 75.8 Å². The number of ether oxygens (including phenoxy) is 1. The second-order valence-electron chi connectivity index (χ2n) is 3.36. The molecule has 0 rings (SSSR count). The topological polar surface area (TPSA) is 35.2 Å². The van der Waals surface area contributed by atoms with Crippen molar-refractivity contribution >= 4 is 0 Å². The first-order chi connectivity index (χ1) is 5.68. The molecule has 0 aromatic heterocycles. The lowest BCUT2D eigenvalue weighted by atomic mass is 9.86. The van der Waals surface area contributed by atoms with Crippen molar-refractivity contribution in [3.8, 4) is 0 Å². The van der Waals surface area contributed by atoms with E-state index in [1.807, 2.05) is 13.0 Å². The summed E-state index contributed by atoms with van der Waals surface area (Å²) >= 11 is 0. The van der Waals surface area contributed by atoms with E-state index in [0.717, 1.165) is 26.1 Å². The summed E-state index contributed by atoms with van der Waals surface area (Å²) in [6, 6.07) is 0. The van der Waals surface area contributed by atoms with Crippen LogP contribution in [-0.4, -0.2) is 19.8 Å². The first-order valence-corrected chi connectivity index (χ1v) is 4.60. The highest BCUT2D eigenvalue weighted by Gasteiger charge is 2.16. The summed E-state index contributed by atoms with van der Waals surface area (Å²) in [5, 5.41) is 0. The van der Waals surface area contributed by atoms with Crippen LogP contribution in [-0.2, 0) is 4.74 Å². The van der Waals surface area contributed by atoms with Crippen molar-refractivity contribution < 1.29 is 4.74 Å². The maximum Gasteiger partial charge on any atom is 0.0466 e. The normalized spacial score (nSPS) is 15.6. The molecule has 72 valence electrons. The zero-order valence-electron chi connectivity index (χ0n) is 8.31. The minimum atomic E-state index is 0.0943. The molecule has 0 aliphatic heterocycles. The first kappa shape index (κ1) is 11.7. The van der Waals surface area contributed by atoms with Crippen molar-refractivity contribution in [1.29, 1.82) is 0 Å². The maximum atomic E-state index is 5.62. The summed E-state index contributed by atoms with van der Waals surface area (Å²) in [6.45, 7) is 10.2. The van der Waals surface area contributed by atoms with E-state index in [2.05, 4.69) is 13.5 Å². The molecule has 0 spiro atoms. The van der Waals surface area contributed by atoms with Gasteiger partial charge < -0.3 is 10.5 Å². The van der Waals surface area contributed by atoms with E-state index in [0.29, 0.717) is 6.54 Å². The molecule has 1 atom stereocenters. The van der Waals surface area contributed by atoms with Crippen molar-refractivity contribution in [1.82, 2.24) is 0 Å². The fourth-order valence-electron chi connectivity index (χ4n) is 1.01. The molecule has 0 saturated heterocycles. The monoisotopic (exact) mass is 171 g/mol. The van der Waals surface area contributed by atoms with Crippen molar-refractivity contribution in [2.24, 2.45) is 11.1 Å². The van der Waals surface area contributed by atoms with Gasteiger partial charge in [0.2, 0.25) is 0 Å². The van der Waals surface area contributed by atoms with E-state index in [9.17, 15) is 0 Å². The van der Waals surface area contributed by atoms with Crippen LogP contribution in [0.5, 0.6) is 0 Å². The number of hydrogen-bond donors (Lipinski definition) is 1. The molecular formula is C10H21NO. The van der Waals surface area contributed by atoms with Crippen LogP contribution >= 0.6 is 0 Å². The summed E-state index contributed by atoms with van der Waals surface area (Å²) in [7, 11) is 0. The molecule has 0 heterocycles. The van der Waals surface area contributed by atoms with Gasteiger partial charge in [0.15, 0.2) is 0 Å². The number of hydrogen-bond acceptors (Lipinski definition) is 2. The summed E-state index contributed by atoms with van der Waals surface area (Å²) in [4.78, 5) is 0. The fourth-order valence-corrected chi connectivity index (χ4v) is 1.01. The van der Waals surface area contributed by atoms with Crippen LogP contribution in [0.25, 0.3) is 0 Å². The lowest BCUT2D eigenvalue weighted by Gasteiger charge is -2.23. The summed E-state index contributed by atoms with van der Waals surface area (Å²) in [5.41, 5.74) is 5.71. The lowest BCUT2D eigenvalue weighted by Crippen LogP contribution is -2.25. The first-order valence-electron chi connectivity index (χ1n) is 4.60. The maximum absolute atomic E-state index is 5.62. The minimum Gasteiger partial charge on any atom is -0.382 e. The van der Waals surface area contributed by atoms with Gasteiger partial charge in [-0.2, -0.15) is 0 Å². The van der Waals surface area contributed by atoms with Crippen LogP contribution in [0, 0.1) is 5.41 Å². The summed E-state index contributed by atoms with van der Waals surface area (Å²) < 4.78 is 5.24. The zero-order valence-corrected chi connectivity index (χ0v) is 8.31. The average molecular weight is 171 g/mol. The zero-order chi connectivity index (χ0) is 9.45. The molecule has 12 heavy (non-hydrogen) atoms. The number of nitrogens with two attached hydrogens (primary N) is 1. The second-order valence-corrected chi connectivity index (χ2v) is 3.36. The van der Waals surface area contributed by atoms with E-state index in [-0.39, 0.29) is 5.41 Å². The second kappa shape index (κ2) is 6.21. The molecule has 2 nitrogen and oxygen atoms in total. The predicted octanol–water partition coefficient (Wildman–Crippen LogP) is 1.95. The molecular weight excluding hydrogens is 150 g/mol. The van der Waals surface area contributed by atoms with Gasteiger partial charge >= 0.3 is 0 Å². The molecule has 0 bridgehead atoms. The molecule has 0 aromatic carbocycles. The van der Waals surface area contributed by atoms with Gasteiger partial charge in [-0.25, -0.2) is 0 Å². The van der Waals surface area contributed by atoms with Crippen LogP contribution in [0.1, 0.15) is 26.7 Å². The molecule has 1 unspecified atom stereocenters.